The number of nitrogens with two attached hydrogens (primary N) is 2. The Bertz CT molecular complexity index is 391. The number of aromatic nitrogens is 2. The van der Waals surface area contributed by atoms with E-state index in [9.17, 15) is 4.79 Å². The number of primary amides is 1. The fourth-order valence-corrected chi connectivity index (χ4v) is 2.08. The molecule has 1 aromatic heterocycles. The van der Waals surface area contributed by atoms with Crippen LogP contribution in [0.15, 0.2) is 12.4 Å². The lowest BCUT2D eigenvalue weighted by Gasteiger charge is -2.35. The average molecular weight is 238 g/mol. The summed E-state index contributed by atoms with van der Waals surface area (Å²) in [5.41, 5.74) is 11.8. The van der Waals surface area contributed by atoms with Crippen LogP contribution in [-0.2, 0) is 0 Å². The summed E-state index contributed by atoms with van der Waals surface area (Å²) in [5.74, 6) is -0.464. The Hall–Kier alpha value is -1.36. The monoisotopic (exact) mass is 238 g/mol. The molecule has 1 aromatic rings. The molecule has 5 nitrogen and oxygen atoms in total. The van der Waals surface area contributed by atoms with E-state index in [2.05, 4.69) is 25.9 Å². The van der Waals surface area contributed by atoms with Gasteiger partial charge in [-0.1, -0.05) is 27.7 Å². The standard InChI is InChI=1S/C12H22N4O/c1-5-9(13)10(12(2,3)4)16-7-8(6-15-16)11(14)17/h6-7,9-10H,5,13H2,1-4H3,(H2,14,17). The highest BCUT2D eigenvalue weighted by atomic mass is 16.1. The van der Waals surface area contributed by atoms with Crippen LogP contribution >= 0.6 is 0 Å². The summed E-state index contributed by atoms with van der Waals surface area (Å²) in [5, 5.41) is 4.21. The predicted molar refractivity (Wildman–Crippen MR) is 67.5 cm³/mol. The van der Waals surface area contributed by atoms with Crippen molar-refractivity contribution >= 4 is 5.91 Å². The lowest BCUT2D eigenvalue weighted by Crippen LogP contribution is -2.40. The summed E-state index contributed by atoms with van der Waals surface area (Å²) in [7, 11) is 0. The van der Waals surface area contributed by atoms with Crippen LogP contribution in [-0.4, -0.2) is 21.7 Å². The normalized spacial score (nSPS) is 15.6. The van der Waals surface area contributed by atoms with Crippen LogP contribution in [0.25, 0.3) is 0 Å². The van der Waals surface area contributed by atoms with E-state index in [0.29, 0.717) is 5.56 Å². The van der Waals surface area contributed by atoms with E-state index in [0.717, 1.165) is 6.42 Å². The largest absolute Gasteiger partial charge is 0.366 e. The first-order valence-electron chi connectivity index (χ1n) is 5.87. The molecule has 2 atom stereocenters. The molecule has 0 aliphatic carbocycles. The summed E-state index contributed by atoms with van der Waals surface area (Å²) < 4.78 is 1.76. The number of hydrogen-bond donors (Lipinski definition) is 2. The molecule has 0 saturated carbocycles. The fraction of sp³-hybridized carbons (Fsp3) is 0.667. The van der Waals surface area contributed by atoms with Crippen molar-refractivity contribution in [2.75, 3.05) is 0 Å². The minimum absolute atomic E-state index is 0.00405. The Labute approximate surface area is 102 Å². The number of carbonyl (C=O) groups is 1. The van der Waals surface area contributed by atoms with E-state index < -0.39 is 5.91 Å². The van der Waals surface area contributed by atoms with Crippen LogP contribution in [0.2, 0.25) is 0 Å². The van der Waals surface area contributed by atoms with Crippen molar-refractivity contribution in [2.45, 2.75) is 46.2 Å². The highest BCUT2D eigenvalue weighted by Gasteiger charge is 2.31. The molecular formula is C12H22N4O. The summed E-state index contributed by atoms with van der Waals surface area (Å²) in [6.45, 7) is 8.37. The molecule has 0 spiro atoms. The Morgan fingerprint density at radius 2 is 2.12 bits per heavy atom. The van der Waals surface area contributed by atoms with Gasteiger partial charge >= 0.3 is 0 Å². The zero-order valence-corrected chi connectivity index (χ0v) is 11.0. The third kappa shape index (κ3) is 3.06. The lowest BCUT2D eigenvalue weighted by molar-refractivity contribution is 0.0999. The predicted octanol–water partition coefficient (Wildman–Crippen LogP) is 1.31. The van der Waals surface area contributed by atoms with Crippen LogP contribution in [0.5, 0.6) is 0 Å². The van der Waals surface area contributed by atoms with Gasteiger partial charge in [-0.15, -0.1) is 0 Å². The first-order valence-corrected chi connectivity index (χ1v) is 5.87. The minimum atomic E-state index is -0.464. The van der Waals surface area contributed by atoms with Gasteiger partial charge in [-0.05, 0) is 11.8 Å². The maximum absolute atomic E-state index is 11.1. The lowest BCUT2D eigenvalue weighted by atomic mass is 9.82. The van der Waals surface area contributed by atoms with Crippen LogP contribution in [0.1, 0.15) is 50.5 Å². The van der Waals surface area contributed by atoms with Crippen LogP contribution in [0.4, 0.5) is 0 Å². The van der Waals surface area contributed by atoms with Crippen molar-refractivity contribution in [1.29, 1.82) is 0 Å². The summed E-state index contributed by atoms with van der Waals surface area (Å²) in [6, 6.07) is 0.0382. The number of carbonyl (C=O) groups excluding carboxylic acids is 1. The third-order valence-electron chi connectivity index (χ3n) is 2.94. The second kappa shape index (κ2) is 4.87. The van der Waals surface area contributed by atoms with Crippen molar-refractivity contribution < 1.29 is 4.79 Å². The highest BCUT2D eigenvalue weighted by molar-refractivity contribution is 5.92. The maximum atomic E-state index is 11.1. The smallest absolute Gasteiger partial charge is 0.251 e. The molecule has 17 heavy (non-hydrogen) atoms. The zero-order valence-electron chi connectivity index (χ0n) is 11.0. The molecule has 0 bridgehead atoms. The molecule has 1 amide bonds. The first kappa shape index (κ1) is 13.7. The average Bonchev–Trinajstić information content (AvgIpc) is 2.64. The number of nitrogens with zero attached hydrogens (tertiary/aromatic N) is 2. The zero-order chi connectivity index (χ0) is 13.2. The molecule has 2 unspecified atom stereocenters. The van der Waals surface area contributed by atoms with Gasteiger partial charge in [-0.3, -0.25) is 9.48 Å². The molecule has 0 saturated heterocycles. The fourth-order valence-electron chi connectivity index (χ4n) is 2.08. The van der Waals surface area contributed by atoms with Crippen LogP contribution in [0.3, 0.4) is 0 Å². The van der Waals surface area contributed by atoms with E-state index in [1.54, 1.807) is 10.9 Å². The molecule has 0 aliphatic heterocycles. The first-order chi connectivity index (χ1) is 7.77. The molecule has 0 aliphatic rings. The Balaban J connectivity index is 3.09. The molecule has 0 radical (unpaired) electrons. The number of hydrogen-bond acceptors (Lipinski definition) is 3. The van der Waals surface area contributed by atoms with E-state index >= 15 is 0 Å². The molecule has 5 heteroatoms. The topological polar surface area (TPSA) is 86.9 Å². The van der Waals surface area contributed by atoms with Gasteiger partial charge in [0.1, 0.15) is 0 Å². The van der Waals surface area contributed by atoms with Crippen molar-refractivity contribution in [3.05, 3.63) is 18.0 Å². The molecular weight excluding hydrogens is 216 g/mol. The molecule has 96 valence electrons. The van der Waals surface area contributed by atoms with Crippen LogP contribution < -0.4 is 11.5 Å². The number of rotatable bonds is 4. The van der Waals surface area contributed by atoms with Gasteiger partial charge < -0.3 is 11.5 Å². The molecule has 0 fully saturated rings. The SMILES string of the molecule is CCC(N)C(n1cc(C(N)=O)cn1)C(C)(C)C. The quantitative estimate of drug-likeness (QED) is 0.829. The van der Waals surface area contributed by atoms with Gasteiger partial charge in [0.15, 0.2) is 0 Å². The van der Waals surface area contributed by atoms with Crippen LogP contribution in [0, 0.1) is 5.41 Å². The van der Waals surface area contributed by atoms with Gasteiger partial charge in [0.2, 0.25) is 0 Å². The van der Waals surface area contributed by atoms with Gasteiger partial charge in [0.05, 0.1) is 17.8 Å². The minimum Gasteiger partial charge on any atom is -0.366 e. The van der Waals surface area contributed by atoms with Crippen molar-refractivity contribution in [2.24, 2.45) is 16.9 Å². The maximum Gasteiger partial charge on any atom is 0.251 e. The van der Waals surface area contributed by atoms with Crippen molar-refractivity contribution in [3.8, 4) is 0 Å². The van der Waals surface area contributed by atoms with E-state index in [4.69, 9.17) is 11.5 Å². The molecule has 4 N–H and O–H groups in total. The van der Waals surface area contributed by atoms with Gasteiger partial charge in [0, 0.05) is 12.2 Å². The summed E-state index contributed by atoms with van der Waals surface area (Å²) in [4.78, 5) is 11.1. The van der Waals surface area contributed by atoms with Crippen molar-refractivity contribution in [3.63, 3.8) is 0 Å². The third-order valence-corrected chi connectivity index (χ3v) is 2.94. The summed E-state index contributed by atoms with van der Waals surface area (Å²) >= 11 is 0. The van der Waals surface area contributed by atoms with Gasteiger partial charge in [0.25, 0.3) is 5.91 Å². The molecule has 1 heterocycles. The Kier molecular flexibility index (Phi) is 3.93. The van der Waals surface area contributed by atoms with E-state index in [1.165, 1.54) is 6.20 Å². The highest BCUT2D eigenvalue weighted by Crippen LogP contribution is 2.33. The van der Waals surface area contributed by atoms with Crippen molar-refractivity contribution in [1.82, 2.24) is 9.78 Å². The Morgan fingerprint density at radius 3 is 2.47 bits per heavy atom. The second-order valence-electron chi connectivity index (χ2n) is 5.46. The molecule has 0 aromatic carbocycles. The Morgan fingerprint density at radius 1 is 1.53 bits per heavy atom. The van der Waals surface area contributed by atoms with Gasteiger partial charge in [-0.25, -0.2) is 0 Å². The van der Waals surface area contributed by atoms with E-state index in [1.807, 2.05) is 6.92 Å². The van der Waals surface area contributed by atoms with E-state index in [-0.39, 0.29) is 17.5 Å². The number of amides is 1. The second-order valence-corrected chi connectivity index (χ2v) is 5.46. The summed E-state index contributed by atoms with van der Waals surface area (Å²) in [6.07, 6.45) is 4.02. The molecule has 1 rings (SSSR count). The van der Waals surface area contributed by atoms with Gasteiger partial charge in [-0.2, -0.15) is 5.10 Å².